The Bertz CT molecular complexity index is 413. The maximum Gasteiger partial charge on any atom is 0.407 e. The Hall–Kier alpha value is -1.65. The SMILES string of the molecule is CC(C)(C)OC(=O)NCc1cc(F)ccc1F. The molecule has 0 spiro atoms. The predicted molar refractivity (Wildman–Crippen MR) is 59.4 cm³/mol. The molecule has 0 saturated heterocycles. The minimum absolute atomic E-state index is 0.0795. The van der Waals surface area contributed by atoms with E-state index in [0.29, 0.717) is 0 Å². The molecular weight excluding hydrogens is 228 g/mol. The summed E-state index contributed by atoms with van der Waals surface area (Å²) >= 11 is 0. The van der Waals surface area contributed by atoms with Gasteiger partial charge in [0, 0.05) is 12.1 Å². The Balaban J connectivity index is 2.56. The average molecular weight is 243 g/mol. The second-order valence-electron chi connectivity index (χ2n) is 4.59. The summed E-state index contributed by atoms with van der Waals surface area (Å²) in [7, 11) is 0. The van der Waals surface area contributed by atoms with Crippen molar-refractivity contribution < 1.29 is 18.3 Å². The molecule has 17 heavy (non-hydrogen) atoms. The van der Waals surface area contributed by atoms with Crippen LogP contribution >= 0.6 is 0 Å². The maximum absolute atomic E-state index is 13.2. The molecule has 0 radical (unpaired) electrons. The number of nitrogens with one attached hydrogen (secondary N) is 1. The monoisotopic (exact) mass is 243 g/mol. The lowest BCUT2D eigenvalue weighted by Gasteiger charge is -2.19. The Labute approximate surface area is 98.8 Å². The highest BCUT2D eigenvalue weighted by Crippen LogP contribution is 2.10. The molecule has 0 aromatic heterocycles. The normalized spacial score (nSPS) is 11.1. The van der Waals surface area contributed by atoms with Crippen molar-refractivity contribution in [2.24, 2.45) is 0 Å². The molecule has 3 nitrogen and oxygen atoms in total. The molecule has 0 aliphatic heterocycles. The second kappa shape index (κ2) is 5.12. The molecule has 0 aliphatic carbocycles. The third-order valence-electron chi connectivity index (χ3n) is 1.83. The fourth-order valence-electron chi connectivity index (χ4n) is 1.16. The molecule has 0 saturated carbocycles. The van der Waals surface area contributed by atoms with E-state index in [1.165, 1.54) is 0 Å². The van der Waals surface area contributed by atoms with E-state index in [9.17, 15) is 13.6 Å². The van der Waals surface area contributed by atoms with Crippen molar-refractivity contribution in [1.29, 1.82) is 0 Å². The third-order valence-corrected chi connectivity index (χ3v) is 1.83. The average Bonchev–Trinajstić information content (AvgIpc) is 2.17. The van der Waals surface area contributed by atoms with E-state index in [0.717, 1.165) is 18.2 Å². The first-order valence-corrected chi connectivity index (χ1v) is 5.19. The maximum atomic E-state index is 13.2. The van der Waals surface area contributed by atoms with Crippen molar-refractivity contribution in [3.05, 3.63) is 35.4 Å². The van der Waals surface area contributed by atoms with Crippen molar-refractivity contribution in [3.63, 3.8) is 0 Å². The number of halogens is 2. The highest BCUT2D eigenvalue weighted by Gasteiger charge is 2.16. The van der Waals surface area contributed by atoms with Gasteiger partial charge in [0.25, 0.3) is 0 Å². The molecule has 1 amide bonds. The first-order valence-electron chi connectivity index (χ1n) is 5.19. The number of carbonyl (C=O) groups is 1. The van der Waals surface area contributed by atoms with Gasteiger partial charge in [0.1, 0.15) is 17.2 Å². The summed E-state index contributed by atoms with van der Waals surface area (Å²) in [6.07, 6.45) is -0.666. The minimum Gasteiger partial charge on any atom is -0.444 e. The number of rotatable bonds is 2. The highest BCUT2D eigenvalue weighted by atomic mass is 19.1. The molecule has 94 valence electrons. The zero-order valence-corrected chi connectivity index (χ0v) is 10.0. The Morgan fingerprint density at radius 2 is 2.00 bits per heavy atom. The Morgan fingerprint density at radius 3 is 2.59 bits per heavy atom. The van der Waals surface area contributed by atoms with Crippen LogP contribution in [0.4, 0.5) is 13.6 Å². The molecule has 1 aromatic rings. The molecule has 0 heterocycles. The smallest absolute Gasteiger partial charge is 0.407 e. The van der Waals surface area contributed by atoms with Crippen LogP contribution in [-0.2, 0) is 11.3 Å². The van der Waals surface area contributed by atoms with Crippen LogP contribution in [0.2, 0.25) is 0 Å². The van der Waals surface area contributed by atoms with Crippen LogP contribution in [0.25, 0.3) is 0 Å². The summed E-state index contributed by atoms with van der Waals surface area (Å²) in [5.74, 6) is -1.12. The molecule has 0 bridgehead atoms. The summed E-state index contributed by atoms with van der Waals surface area (Å²) < 4.78 is 31.0. The number of ether oxygens (including phenoxy) is 1. The molecule has 5 heteroatoms. The molecule has 0 fully saturated rings. The lowest BCUT2D eigenvalue weighted by atomic mass is 10.2. The first kappa shape index (κ1) is 13.4. The van der Waals surface area contributed by atoms with E-state index < -0.39 is 23.3 Å². The second-order valence-corrected chi connectivity index (χ2v) is 4.59. The van der Waals surface area contributed by atoms with Gasteiger partial charge >= 0.3 is 6.09 Å². The van der Waals surface area contributed by atoms with E-state index in [1.807, 2.05) is 0 Å². The summed E-state index contributed by atoms with van der Waals surface area (Å²) in [6.45, 7) is 5.04. The largest absolute Gasteiger partial charge is 0.444 e. The van der Waals surface area contributed by atoms with Gasteiger partial charge < -0.3 is 10.1 Å². The summed E-state index contributed by atoms with van der Waals surface area (Å²) in [4.78, 5) is 11.3. The van der Waals surface area contributed by atoms with Crippen molar-refractivity contribution in [2.45, 2.75) is 32.9 Å². The number of carbonyl (C=O) groups excluding carboxylic acids is 1. The topological polar surface area (TPSA) is 38.3 Å². The molecule has 0 unspecified atom stereocenters. The zero-order chi connectivity index (χ0) is 13.1. The van der Waals surface area contributed by atoms with Crippen molar-refractivity contribution in [1.82, 2.24) is 5.32 Å². The van der Waals surface area contributed by atoms with Crippen LogP contribution < -0.4 is 5.32 Å². The number of alkyl carbamates (subject to hydrolysis) is 1. The van der Waals surface area contributed by atoms with Gasteiger partial charge in [-0.15, -0.1) is 0 Å². The first-order chi connectivity index (χ1) is 7.78. The van der Waals surface area contributed by atoms with Gasteiger partial charge in [0.2, 0.25) is 0 Å². The van der Waals surface area contributed by atoms with Gasteiger partial charge in [-0.2, -0.15) is 0 Å². The predicted octanol–water partition coefficient (Wildman–Crippen LogP) is 2.99. The fraction of sp³-hybridized carbons (Fsp3) is 0.417. The Morgan fingerprint density at radius 1 is 1.35 bits per heavy atom. The van der Waals surface area contributed by atoms with Gasteiger partial charge in [-0.05, 0) is 39.0 Å². The van der Waals surface area contributed by atoms with Crippen molar-refractivity contribution >= 4 is 6.09 Å². The van der Waals surface area contributed by atoms with Crippen LogP contribution in [0.1, 0.15) is 26.3 Å². The van der Waals surface area contributed by atoms with Gasteiger partial charge in [-0.3, -0.25) is 0 Å². The lowest BCUT2D eigenvalue weighted by Crippen LogP contribution is -2.32. The summed E-state index contributed by atoms with van der Waals surface area (Å²) in [5.41, 5.74) is -0.541. The summed E-state index contributed by atoms with van der Waals surface area (Å²) in [5, 5.41) is 2.36. The van der Waals surface area contributed by atoms with Crippen LogP contribution in [-0.4, -0.2) is 11.7 Å². The van der Waals surface area contributed by atoms with Crippen molar-refractivity contribution in [2.75, 3.05) is 0 Å². The number of hydrogen-bond donors (Lipinski definition) is 1. The van der Waals surface area contributed by atoms with E-state index in [-0.39, 0.29) is 12.1 Å². The fourth-order valence-corrected chi connectivity index (χ4v) is 1.16. The van der Waals surface area contributed by atoms with E-state index >= 15 is 0 Å². The highest BCUT2D eigenvalue weighted by molar-refractivity contribution is 5.67. The molecule has 0 aliphatic rings. The molecule has 1 N–H and O–H groups in total. The van der Waals surface area contributed by atoms with Crippen LogP contribution in [0.15, 0.2) is 18.2 Å². The molecule has 0 atom stereocenters. The standard InChI is InChI=1S/C12H15F2NO2/c1-12(2,3)17-11(16)15-7-8-6-9(13)4-5-10(8)14/h4-6H,7H2,1-3H3,(H,15,16). The number of benzene rings is 1. The van der Waals surface area contributed by atoms with Crippen molar-refractivity contribution in [3.8, 4) is 0 Å². The Kier molecular flexibility index (Phi) is 4.04. The minimum atomic E-state index is -0.666. The number of hydrogen-bond acceptors (Lipinski definition) is 2. The van der Waals surface area contributed by atoms with Gasteiger partial charge in [-0.25, -0.2) is 13.6 Å². The zero-order valence-electron chi connectivity index (χ0n) is 10.0. The molecule has 1 aromatic carbocycles. The van der Waals surface area contributed by atoms with Crippen LogP contribution in [0, 0.1) is 11.6 Å². The molecular formula is C12H15F2NO2. The lowest BCUT2D eigenvalue weighted by molar-refractivity contribution is 0.0523. The van der Waals surface area contributed by atoms with E-state index in [1.54, 1.807) is 20.8 Å². The quantitative estimate of drug-likeness (QED) is 0.867. The van der Waals surface area contributed by atoms with E-state index in [2.05, 4.69) is 5.32 Å². The third kappa shape index (κ3) is 4.80. The van der Waals surface area contributed by atoms with E-state index in [4.69, 9.17) is 4.74 Å². The van der Waals surface area contributed by atoms with Gasteiger partial charge in [-0.1, -0.05) is 0 Å². The van der Waals surface area contributed by atoms with Gasteiger partial charge in [0.05, 0.1) is 0 Å². The van der Waals surface area contributed by atoms with Crippen LogP contribution in [0.3, 0.4) is 0 Å². The molecule has 1 rings (SSSR count). The summed E-state index contributed by atoms with van der Waals surface area (Å²) in [6, 6.07) is 3.07. The van der Waals surface area contributed by atoms with Gasteiger partial charge in [0.15, 0.2) is 0 Å². The number of amides is 1. The van der Waals surface area contributed by atoms with Crippen LogP contribution in [0.5, 0.6) is 0 Å².